The van der Waals surface area contributed by atoms with E-state index in [1.54, 1.807) is 0 Å². The summed E-state index contributed by atoms with van der Waals surface area (Å²) in [5, 5.41) is 0. The molecule has 1 rings (SSSR count). The van der Waals surface area contributed by atoms with Crippen molar-refractivity contribution >= 4 is 0 Å². The molecule has 1 fully saturated rings. The van der Waals surface area contributed by atoms with E-state index in [9.17, 15) is 0 Å². The summed E-state index contributed by atoms with van der Waals surface area (Å²) >= 11 is 0. The quantitative estimate of drug-likeness (QED) is 0.540. The largest absolute Gasteiger partial charge is 0.358 e. The van der Waals surface area contributed by atoms with E-state index >= 15 is 0 Å². The predicted octanol–water partition coefficient (Wildman–Crippen LogP) is 0.311. The Labute approximate surface area is 89.8 Å². The van der Waals surface area contributed by atoms with Crippen LogP contribution in [-0.2, 0) is 32.7 Å². The molecule has 59 valence electrons. The Kier molecular flexibility index (Phi) is 9.14. The summed E-state index contributed by atoms with van der Waals surface area (Å²) in [5.41, 5.74) is 0. The molecule has 0 atom stereocenters. The van der Waals surface area contributed by atoms with Crippen LogP contribution in [0.4, 0.5) is 0 Å². The fraction of sp³-hybridized carbons (Fsp3) is 0.857. The minimum absolute atomic E-state index is 0. The van der Waals surface area contributed by atoms with Gasteiger partial charge in [-0.2, -0.15) is 0 Å². The third-order valence-corrected chi connectivity index (χ3v) is 1.73. The van der Waals surface area contributed by atoms with Crippen LogP contribution in [0.15, 0.2) is 0 Å². The summed E-state index contributed by atoms with van der Waals surface area (Å²) in [4.78, 5) is 4.72. The van der Waals surface area contributed by atoms with Gasteiger partial charge in [0, 0.05) is 58.9 Å². The van der Waals surface area contributed by atoms with Crippen molar-refractivity contribution in [3.8, 4) is 0 Å². The molecule has 0 aliphatic carbocycles. The molecule has 1 heterocycles. The predicted molar refractivity (Wildman–Crippen MR) is 41.4 cm³/mol. The van der Waals surface area contributed by atoms with Crippen molar-refractivity contribution in [1.82, 2.24) is 9.80 Å². The van der Waals surface area contributed by atoms with Crippen molar-refractivity contribution in [2.24, 2.45) is 0 Å². The van der Waals surface area contributed by atoms with Crippen LogP contribution in [0.1, 0.15) is 0 Å². The molecule has 0 N–H and O–H groups in total. The maximum atomic E-state index is 2.36. The summed E-state index contributed by atoms with van der Waals surface area (Å²) in [5.74, 6) is 0. The van der Waals surface area contributed by atoms with Crippen LogP contribution in [0.2, 0.25) is 0 Å². The van der Waals surface area contributed by atoms with Crippen LogP contribution >= 0.6 is 0 Å². The minimum atomic E-state index is 0. The Morgan fingerprint density at radius 1 is 0.800 bits per heavy atom. The van der Waals surface area contributed by atoms with Crippen LogP contribution in [-0.4, -0.2) is 50.1 Å². The van der Waals surface area contributed by atoms with Gasteiger partial charge in [0.2, 0.25) is 0 Å². The summed E-state index contributed by atoms with van der Waals surface area (Å²) < 4.78 is 0. The van der Waals surface area contributed by atoms with Gasteiger partial charge in [0.1, 0.15) is 0 Å². The average Bonchev–Trinajstić information content (AvgIpc) is 1.77. The number of likely N-dealkylation sites (N-methyl/N-ethyl adjacent to an activating group) is 2. The van der Waals surface area contributed by atoms with E-state index in [-0.39, 0.29) is 40.1 Å². The SMILES string of the molecule is CN1CCN(C)CC1.[CH3-].[Y]. The van der Waals surface area contributed by atoms with Crippen molar-refractivity contribution in [3.63, 3.8) is 0 Å². The first kappa shape index (κ1) is 13.6. The molecule has 0 unspecified atom stereocenters. The zero-order valence-corrected chi connectivity index (χ0v) is 10.1. The minimum Gasteiger partial charge on any atom is -0.358 e. The average molecular weight is 218 g/mol. The smallest absolute Gasteiger partial charge is 0.0107 e. The molecule has 1 aliphatic heterocycles. The van der Waals surface area contributed by atoms with Crippen molar-refractivity contribution in [1.29, 1.82) is 0 Å². The number of rotatable bonds is 0. The fourth-order valence-corrected chi connectivity index (χ4v) is 0.906. The van der Waals surface area contributed by atoms with Crippen molar-refractivity contribution in [2.75, 3.05) is 40.3 Å². The van der Waals surface area contributed by atoms with Crippen LogP contribution in [0.3, 0.4) is 0 Å². The van der Waals surface area contributed by atoms with Crippen molar-refractivity contribution in [2.45, 2.75) is 0 Å². The molecule has 0 aromatic rings. The van der Waals surface area contributed by atoms with E-state index in [2.05, 4.69) is 23.9 Å². The molecule has 2 nitrogen and oxygen atoms in total. The molecular weight excluding hydrogens is 201 g/mol. The van der Waals surface area contributed by atoms with E-state index in [0.717, 1.165) is 0 Å². The first-order chi connectivity index (χ1) is 3.79. The van der Waals surface area contributed by atoms with Crippen molar-refractivity contribution in [3.05, 3.63) is 7.43 Å². The summed E-state index contributed by atoms with van der Waals surface area (Å²) in [6.07, 6.45) is 0. The maximum absolute atomic E-state index is 2.36. The molecule has 0 aromatic carbocycles. The monoisotopic (exact) mass is 218 g/mol. The van der Waals surface area contributed by atoms with E-state index in [0.29, 0.717) is 0 Å². The molecule has 1 radical (unpaired) electrons. The first-order valence-electron chi connectivity index (χ1n) is 3.16. The maximum Gasteiger partial charge on any atom is 0.0107 e. The molecular formula is C7H17N2Y-. The molecule has 10 heavy (non-hydrogen) atoms. The van der Waals surface area contributed by atoms with Gasteiger partial charge in [0.25, 0.3) is 0 Å². The third kappa shape index (κ3) is 4.78. The van der Waals surface area contributed by atoms with Gasteiger partial charge >= 0.3 is 0 Å². The number of nitrogens with zero attached hydrogens (tertiary/aromatic N) is 2. The molecule has 0 aromatic heterocycles. The Balaban J connectivity index is 0. The molecule has 0 spiro atoms. The van der Waals surface area contributed by atoms with Crippen LogP contribution in [0, 0.1) is 7.43 Å². The van der Waals surface area contributed by atoms with Crippen LogP contribution < -0.4 is 0 Å². The molecule has 1 saturated heterocycles. The number of hydrogen-bond acceptors (Lipinski definition) is 2. The molecule has 0 bridgehead atoms. The molecule has 0 amide bonds. The zero-order chi connectivity index (χ0) is 5.98. The summed E-state index contributed by atoms with van der Waals surface area (Å²) in [6.45, 7) is 4.93. The zero-order valence-electron chi connectivity index (χ0n) is 7.30. The third-order valence-electron chi connectivity index (χ3n) is 1.73. The molecule has 3 heteroatoms. The van der Waals surface area contributed by atoms with Gasteiger partial charge in [-0.15, -0.1) is 0 Å². The van der Waals surface area contributed by atoms with Gasteiger partial charge in [0.15, 0.2) is 0 Å². The second kappa shape index (κ2) is 6.72. The van der Waals surface area contributed by atoms with Gasteiger partial charge in [-0.05, 0) is 14.1 Å². The molecule has 1 aliphatic rings. The number of hydrogen-bond donors (Lipinski definition) is 0. The first-order valence-corrected chi connectivity index (χ1v) is 3.16. The van der Waals surface area contributed by atoms with Gasteiger partial charge in [0.05, 0.1) is 0 Å². The van der Waals surface area contributed by atoms with E-state index < -0.39 is 0 Å². The summed E-state index contributed by atoms with van der Waals surface area (Å²) in [6, 6.07) is 0. The van der Waals surface area contributed by atoms with Gasteiger partial charge in [-0.1, -0.05) is 0 Å². The Morgan fingerprint density at radius 3 is 1.20 bits per heavy atom. The van der Waals surface area contributed by atoms with E-state index in [1.807, 2.05) is 0 Å². The fourth-order valence-electron chi connectivity index (χ4n) is 0.906. The Morgan fingerprint density at radius 2 is 1.00 bits per heavy atom. The normalized spacial score (nSPS) is 21.0. The van der Waals surface area contributed by atoms with E-state index in [1.165, 1.54) is 26.2 Å². The summed E-state index contributed by atoms with van der Waals surface area (Å²) in [7, 11) is 4.35. The van der Waals surface area contributed by atoms with Crippen LogP contribution in [0.25, 0.3) is 0 Å². The van der Waals surface area contributed by atoms with Crippen molar-refractivity contribution < 1.29 is 32.7 Å². The van der Waals surface area contributed by atoms with Gasteiger partial charge in [-0.25, -0.2) is 0 Å². The second-order valence-corrected chi connectivity index (χ2v) is 2.61. The number of piperazine rings is 1. The van der Waals surface area contributed by atoms with Crippen LogP contribution in [0.5, 0.6) is 0 Å². The standard InChI is InChI=1S/C6H14N2.CH3.Y/c1-7-3-5-8(2)6-4-7;;/h3-6H2,1-2H3;1H3;/q;-1;. The Hall–Kier alpha value is 1.02. The van der Waals surface area contributed by atoms with Gasteiger partial charge < -0.3 is 17.2 Å². The second-order valence-electron chi connectivity index (χ2n) is 2.61. The van der Waals surface area contributed by atoms with Gasteiger partial charge in [-0.3, -0.25) is 0 Å². The topological polar surface area (TPSA) is 6.48 Å². The Bertz CT molecular complexity index is 60.0. The molecule has 0 saturated carbocycles. The van der Waals surface area contributed by atoms with E-state index in [4.69, 9.17) is 0 Å².